The highest BCUT2D eigenvalue weighted by molar-refractivity contribution is 7.92. The SMILES string of the molecule is CCCNC(=O)[C@@H](CC)N(Cc1ccccc1Cl)C(=O)CN(c1ccc2c(c1)OCCO2)S(=O)(=O)CC. The summed E-state index contributed by atoms with van der Waals surface area (Å²) < 4.78 is 38.5. The Hall–Kier alpha value is -2.98. The minimum absolute atomic E-state index is 0.0533. The van der Waals surface area contributed by atoms with Gasteiger partial charge in [-0.05, 0) is 43.5 Å². The molecule has 1 atom stereocenters. The van der Waals surface area contributed by atoms with Crippen molar-refractivity contribution in [1.29, 1.82) is 0 Å². The Labute approximate surface area is 223 Å². The topological polar surface area (TPSA) is 105 Å². The lowest BCUT2D eigenvalue weighted by Crippen LogP contribution is -2.52. The summed E-state index contributed by atoms with van der Waals surface area (Å²) in [5.41, 5.74) is 0.934. The van der Waals surface area contributed by atoms with Gasteiger partial charge in [0.2, 0.25) is 21.8 Å². The van der Waals surface area contributed by atoms with Gasteiger partial charge in [0.15, 0.2) is 11.5 Å². The van der Waals surface area contributed by atoms with Crippen LogP contribution in [0.25, 0.3) is 0 Å². The second-order valence-electron chi connectivity index (χ2n) is 8.56. The number of nitrogens with one attached hydrogen (secondary N) is 1. The van der Waals surface area contributed by atoms with Gasteiger partial charge in [0, 0.05) is 24.2 Å². The van der Waals surface area contributed by atoms with E-state index in [0.717, 1.165) is 10.7 Å². The van der Waals surface area contributed by atoms with Crippen molar-refractivity contribution >= 4 is 39.1 Å². The fourth-order valence-electron chi connectivity index (χ4n) is 4.00. The Morgan fingerprint density at radius 2 is 1.76 bits per heavy atom. The largest absolute Gasteiger partial charge is 0.486 e. The Morgan fingerprint density at radius 3 is 2.41 bits per heavy atom. The normalized spacial score (nSPS) is 13.5. The number of anilines is 1. The molecule has 0 bridgehead atoms. The number of ether oxygens (including phenoxy) is 2. The first-order valence-corrected chi connectivity index (χ1v) is 14.4. The molecule has 0 radical (unpaired) electrons. The quantitative estimate of drug-likeness (QED) is 0.432. The average Bonchev–Trinajstić information content (AvgIpc) is 2.90. The lowest BCUT2D eigenvalue weighted by atomic mass is 10.1. The molecule has 0 spiro atoms. The van der Waals surface area contributed by atoms with Crippen molar-refractivity contribution in [3.8, 4) is 11.5 Å². The van der Waals surface area contributed by atoms with Gasteiger partial charge >= 0.3 is 0 Å². The van der Waals surface area contributed by atoms with Crippen LogP contribution in [0, 0.1) is 0 Å². The number of rotatable bonds is 12. The van der Waals surface area contributed by atoms with E-state index >= 15 is 0 Å². The van der Waals surface area contributed by atoms with Crippen LogP contribution in [0.5, 0.6) is 11.5 Å². The monoisotopic (exact) mass is 551 g/mol. The summed E-state index contributed by atoms with van der Waals surface area (Å²) in [4.78, 5) is 28.2. The number of benzene rings is 2. The third-order valence-corrected chi connectivity index (χ3v) is 8.14. The lowest BCUT2D eigenvalue weighted by molar-refractivity contribution is -0.140. The zero-order valence-corrected chi connectivity index (χ0v) is 23.0. The maximum Gasteiger partial charge on any atom is 0.244 e. The number of hydrogen-bond acceptors (Lipinski definition) is 6. The highest BCUT2D eigenvalue weighted by atomic mass is 35.5. The highest BCUT2D eigenvalue weighted by Gasteiger charge is 2.33. The molecular weight excluding hydrogens is 518 g/mol. The molecule has 11 heteroatoms. The van der Waals surface area contributed by atoms with Gasteiger partial charge in [-0.3, -0.25) is 13.9 Å². The van der Waals surface area contributed by atoms with E-state index in [1.807, 2.05) is 13.8 Å². The first kappa shape index (κ1) is 28.6. The fourth-order valence-corrected chi connectivity index (χ4v) is 5.25. The van der Waals surface area contributed by atoms with Crippen molar-refractivity contribution in [3.05, 3.63) is 53.1 Å². The van der Waals surface area contributed by atoms with Gasteiger partial charge in [-0.2, -0.15) is 0 Å². The van der Waals surface area contributed by atoms with Crippen LogP contribution in [-0.2, 0) is 26.2 Å². The summed E-state index contributed by atoms with van der Waals surface area (Å²) in [6, 6.07) is 11.0. The van der Waals surface area contributed by atoms with E-state index < -0.39 is 28.5 Å². The van der Waals surface area contributed by atoms with Crippen LogP contribution >= 0.6 is 11.6 Å². The van der Waals surface area contributed by atoms with Crippen molar-refractivity contribution in [3.63, 3.8) is 0 Å². The molecule has 9 nitrogen and oxygen atoms in total. The predicted octanol–water partition coefficient (Wildman–Crippen LogP) is 3.60. The van der Waals surface area contributed by atoms with Gasteiger partial charge in [0.1, 0.15) is 25.8 Å². The molecule has 1 heterocycles. The third kappa shape index (κ3) is 7.07. The van der Waals surface area contributed by atoms with Crippen molar-refractivity contribution in [2.75, 3.05) is 36.4 Å². The molecule has 0 saturated heterocycles. The van der Waals surface area contributed by atoms with E-state index in [0.29, 0.717) is 48.3 Å². The minimum atomic E-state index is -3.85. The molecule has 1 N–H and O–H groups in total. The summed E-state index contributed by atoms with van der Waals surface area (Å²) in [5.74, 6) is -0.118. The summed E-state index contributed by atoms with van der Waals surface area (Å²) >= 11 is 6.38. The number of sulfonamides is 1. The van der Waals surface area contributed by atoms with Gasteiger partial charge in [0.25, 0.3) is 0 Å². The molecule has 202 valence electrons. The molecule has 0 aromatic heterocycles. The van der Waals surface area contributed by atoms with Gasteiger partial charge in [-0.1, -0.05) is 43.6 Å². The maximum absolute atomic E-state index is 13.8. The highest BCUT2D eigenvalue weighted by Crippen LogP contribution is 2.35. The Bertz CT molecular complexity index is 1210. The van der Waals surface area contributed by atoms with Crippen molar-refractivity contribution in [1.82, 2.24) is 10.2 Å². The lowest BCUT2D eigenvalue weighted by Gasteiger charge is -2.33. The molecule has 0 aliphatic carbocycles. The van der Waals surface area contributed by atoms with E-state index in [1.54, 1.807) is 42.5 Å². The molecular formula is C26H34ClN3O6S. The van der Waals surface area contributed by atoms with Crippen LogP contribution in [0.15, 0.2) is 42.5 Å². The van der Waals surface area contributed by atoms with Crippen molar-refractivity contribution in [2.24, 2.45) is 0 Å². The second-order valence-corrected chi connectivity index (χ2v) is 11.2. The van der Waals surface area contributed by atoms with E-state index in [9.17, 15) is 18.0 Å². The molecule has 3 rings (SSSR count). The molecule has 2 aromatic carbocycles. The van der Waals surface area contributed by atoms with Gasteiger partial charge < -0.3 is 19.7 Å². The second kappa shape index (κ2) is 13.0. The molecule has 37 heavy (non-hydrogen) atoms. The smallest absolute Gasteiger partial charge is 0.244 e. The van der Waals surface area contributed by atoms with Crippen molar-refractivity contribution < 1.29 is 27.5 Å². The standard InChI is InChI=1S/C26H34ClN3O6S/c1-4-13-28-26(32)22(5-2)29(17-19-9-7-8-10-21(19)27)25(31)18-30(37(33,34)6-3)20-11-12-23-24(16-20)36-15-14-35-23/h7-12,16,22H,4-6,13-15,17-18H2,1-3H3,(H,28,32)/t22-/m1/s1. The zero-order valence-electron chi connectivity index (χ0n) is 21.4. The molecule has 1 aliphatic heterocycles. The molecule has 0 fully saturated rings. The average molecular weight is 552 g/mol. The van der Waals surface area contributed by atoms with E-state index in [1.165, 1.54) is 11.8 Å². The van der Waals surface area contributed by atoms with Crippen LogP contribution in [0.3, 0.4) is 0 Å². The molecule has 2 amide bonds. The number of nitrogens with zero attached hydrogens (tertiary/aromatic N) is 2. The van der Waals surface area contributed by atoms with Gasteiger partial charge in [-0.25, -0.2) is 8.42 Å². The van der Waals surface area contributed by atoms with Crippen LogP contribution in [-0.4, -0.2) is 63.2 Å². The predicted molar refractivity (Wildman–Crippen MR) is 144 cm³/mol. The zero-order chi connectivity index (χ0) is 27.0. The Kier molecular flexibility index (Phi) is 10.0. The van der Waals surface area contributed by atoms with Gasteiger partial charge in [0.05, 0.1) is 11.4 Å². The maximum atomic E-state index is 13.8. The van der Waals surface area contributed by atoms with Crippen molar-refractivity contribution in [2.45, 2.75) is 46.2 Å². The van der Waals surface area contributed by atoms with E-state index in [4.69, 9.17) is 21.1 Å². The van der Waals surface area contributed by atoms with Crippen LogP contribution in [0.1, 0.15) is 39.2 Å². The summed E-state index contributed by atoms with van der Waals surface area (Å²) in [5, 5.41) is 3.30. The van der Waals surface area contributed by atoms with Crippen LogP contribution in [0.4, 0.5) is 5.69 Å². The van der Waals surface area contributed by atoms with Crippen LogP contribution in [0.2, 0.25) is 5.02 Å². The minimum Gasteiger partial charge on any atom is -0.486 e. The summed E-state index contributed by atoms with van der Waals surface area (Å²) in [7, 11) is -3.85. The first-order chi connectivity index (χ1) is 17.7. The Morgan fingerprint density at radius 1 is 1.05 bits per heavy atom. The van der Waals surface area contributed by atoms with E-state index in [2.05, 4.69) is 5.32 Å². The van der Waals surface area contributed by atoms with Gasteiger partial charge in [-0.15, -0.1) is 0 Å². The number of carbonyl (C=O) groups is 2. The third-order valence-electron chi connectivity index (χ3n) is 6.03. The first-order valence-electron chi connectivity index (χ1n) is 12.4. The number of carbonyl (C=O) groups excluding carboxylic acids is 2. The molecule has 0 saturated carbocycles. The molecule has 0 unspecified atom stereocenters. The van der Waals surface area contributed by atoms with Crippen LogP contribution < -0.4 is 19.1 Å². The number of hydrogen-bond donors (Lipinski definition) is 1. The number of halogens is 1. The fraction of sp³-hybridized carbons (Fsp3) is 0.462. The number of fused-ring (bicyclic) bond motifs is 1. The molecule has 2 aromatic rings. The number of amides is 2. The van der Waals surface area contributed by atoms with E-state index in [-0.39, 0.29) is 23.9 Å². The summed E-state index contributed by atoms with van der Waals surface area (Å²) in [6.45, 7) is 6.04. The molecule has 1 aliphatic rings. The Balaban J connectivity index is 1.98. The summed E-state index contributed by atoms with van der Waals surface area (Å²) in [6.07, 6.45) is 1.09.